The minimum absolute atomic E-state index is 0. The molecule has 18 heavy (non-hydrogen) atoms. The molecule has 0 radical (unpaired) electrons. The molecule has 0 spiro atoms. The summed E-state index contributed by atoms with van der Waals surface area (Å²) < 4.78 is 120. The van der Waals surface area contributed by atoms with E-state index >= 15 is 0 Å². The first-order chi connectivity index (χ1) is 7.00. The van der Waals surface area contributed by atoms with Gasteiger partial charge in [-0.2, -0.15) is 43.9 Å². The fourth-order valence-corrected chi connectivity index (χ4v) is 0.662. The van der Waals surface area contributed by atoms with Gasteiger partial charge in [-0.1, -0.05) is 0 Å². The molecule has 0 aromatic heterocycles. The normalized spacial score (nSPS) is 18.0. The van der Waals surface area contributed by atoms with Gasteiger partial charge in [0.25, 0.3) is 0 Å². The van der Waals surface area contributed by atoms with E-state index in [1.807, 2.05) is 0 Å². The van der Waals surface area contributed by atoms with Crippen LogP contribution in [-0.4, -0.2) is 86.3 Å². The first-order valence-electron chi connectivity index (χ1n) is 3.61. The Labute approximate surface area is 136 Å². The SMILES string of the molecule is CC(O)(C(F)(F)F)C(F)(F)C(F)(F)C(F)(F)F.[KH]. The molecule has 1 N–H and O–H groups in total. The van der Waals surface area contributed by atoms with Crippen molar-refractivity contribution in [3.8, 4) is 0 Å². The molecular weight excluding hydrogens is 317 g/mol. The Hall–Kier alpha value is 0.896. The van der Waals surface area contributed by atoms with E-state index in [9.17, 15) is 43.9 Å². The van der Waals surface area contributed by atoms with E-state index in [0.717, 1.165) is 0 Å². The van der Waals surface area contributed by atoms with Gasteiger partial charge in [0.05, 0.1) is 0 Å². The molecular formula is C6H5F10KO. The molecule has 0 heterocycles. The van der Waals surface area contributed by atoms with Crippen molar-refractivity contribution in [3.63, 3.8) is 0 Å². The van der Waals surface area contributed by atoms with Crippen LogP contribution in [0.3, 0.4) is 0 Å². The van der Waals surface area contributed by atoms with Gasteiger partial charge >= 0.3 is 75.6 Å². The van der Waals surface area contributed by atoms with Gasteiger partial charge < -0.3 is 5.11 Å². The van der Waals surface area contributed by atoms with Crippen LogP contribution < -0.4 is 0 Å². The third kappa shape index (κ3) is 3.14. The summed E-state index contributed by atoms with van der Waals surface area (Å²) in [6, 6.07) is 0. The Balaban J connectivity index is 0. The first kappa shape index (κ1) is 21.2. The molecule has 0 saturated carbocycles. The van der Waals surface area contributed by atoms with Crippen LogP contribution in [-0.2, 0) is 0 Å². The summed E-state index contributed by atoms with van der Waals surface area (Å²) in [6.45, 7) is -0.868. The summed E-state index contributed by atoms with van der Waals surface area (Å²) in [7, 11) is 0. The quantitative estimate of drug-likeness (QED) is 0.612. The van der Waals surface area contributed by atoms with Crippen molar-refractivity contribution in [2.75, 3.05) is 0 Å². The summed E-state index contributed by atoms with van der Waals surface area (Å²) in [4.78, 5) is 0. The van der Waals surface area contributed by atoms with Gasteiger partial charge in [0, 0.05) is 0 Å². The zero-order valence-corrected chi connectivity index (χ0v) is 7.73. The van der Waals surface area contributed by atoms with Crippen LogP contribution in [0.4, 0.5) is 43.9 Å². The number of hydrogen-bond donors (Lipinski definition) is 1. The van der Waals surface area contributed by atoms with Crippen molar-refractivity contribution >= 4 is 51.4 Å². The molecule has 1 atom stereocenters. The van der Waals surface area contributed by atoms with Crippen LogP contribution in [0, 0.1) is 0 Å². The zero-order chi connectivity index (χ0) is 14.5. The molecule has 106 valence electrons. The number of hydrogen-bond acceptors (Lipinski definition) is 1. The van der Waals surface area contributed by atoms with Gasteiger partial charge in [-0.3, -0.25) is 0 Å². The Morgan fingerprint density at radius 1 is 0.611 bits per heavy atom. The Morgan fingerprint density at radius 3 is 1.06 bits per heavy atom. The molecule has 0 bridgehead atoms. The van der Waals surface area contributed by atoms with E-state index < -0.39 is 36.7 Å². The second-order valence-electron chi connectivity index (χ2n) is 3.22. The Kier molecular flexibility index (Phi) is 6.30. The van der Waals surface area contributed by atoms with E-state index in [2.05, 4.69) is 0 Å². The maximum absolute atomic E-state index is 12.5. The van der Waals surface area contributed by atoms with Gasteiger partial charge in [-0.15, -0.1) is 0 Å². The van der Waals surface area contributed by atoms with E-state index in [0.29, 0.717) is 0 Å². The molecule has 0 amide bonds. The van der Waals surface area contributed by atoms with E-state index in [1.54, 1.807) is 0 Å². The second kappa shape index (κ2) is 5.35. The fraction of sp³-hybridized carbons (Fsp3) is 1.00. The van der Waals surface area contributed by atoms with Gasteiger partial charge in [-0.05, 0) is 6.92 Å². The van der Waals surface area contributed by atoms with Crippen LogP contribution >= 0.6 is 0 Å². The second-order valence-corrected chi connectivity index (χ2v) is 3.22. The standard InChI is InChI=1S/C6H4F10O.K.H/c1-2(17,5(11,12)13)3(7,8)4(9,10)6(14,15)16;;/h17H,1H3;;. The van der Waals surface area contributed by atoms with Gasteiger partial charge in [0.1, 0.15) is 0 Å². The third-order valence-electron chi connectivity index (χ3n) is 1.91. The third-order valence-corrected chi connectivity index (χ3v) is 1.91. The van der Waals surface area contributed by atoms with Crippen LogP contribution in [0.5, 0.6) is 0 Å². The summed E-state index contributed by atoms with van der Waals surface area (Å²) in [6.07, 6.45) is -13.3. The Morgan fingerprint density at radius 2 is 0.889 bits per heavy atom. The predicted octanol–water partition coefficient (Wildman–Crippen LogP) is 2.48. The molecule has 0 aliphatic rings. The molecule has 1 unspecified atom stereocenters. The monoisotopic (exact) mass is 322 g/mol. The maximum atomic E-state index is 12.5. The molecule has 0 fully saturated rings. The van der Waals surface area contributed by atoms with Crippen LogP contribution in [0.15, 0.2) is 0 Å². The van der Waals surface area contributed by atoms with E-state index in [4.69, 9.17) is 5.11 Å². The summed E-state index contributed by atoms with van der Waals surface area (Å²) in [5.41, 5.74) is -5.53. The van der Waals surface area contributed by atoms with E-state index in [1.165, 1.54) is 0 Å². The molecule has 0 saturated heterocycles. The molecule has 0 rings (SSSR count). The van der Waals surface area contributed by atoms with Crippen molar-refractivity contribution in [3.05, 3.63) is 0 Å². The zero-order valence-electron chi connectivity index (χ0n) is 7.73. The molecule has 0 aromatic carbocycles. The topological polar surface area (TPSA) is 20.2 Å². The van der Waals surface area contributed by atoms with Crippen molar-refractivity contribution < 1.29 is 49.0 Å². The fourth-order valence-electron chi connectivity index (χ4n) is 0.662. The first-order valence-corrected chi connectivity index (χ1v) is 3.61. The van der Waals surface area contributed by atoms with Gasteiger partial charge in [0.15, 0.2) is 0 Å². The Bertz CT molecular complexity index is 262. The average Bonchev–Trinajstić information content (AvgIpc) is 1.98. The summed E-state index contributed by atoms with van der Waals surface area (Å²) >= 11 is 0. The number of alkyl halides is 10. The van der Waals surface area contributed by atoms with Gasteiger partial charge in [0.2, 0.25) is 5.60 Å². The average molecular weight is 322 g/mol. The van der Waals surface area contributed by atoms with E-state index in [-0.39, 0.29) is 51.4 Å². The van der Waals surface area contributed by atoms with Crippen LogP contribution in [0.1, 0.15) is 6.92 Å². The molecule has 0 aliphatic heterocycles. The summed E-state index contributed by atoms with van der Waals surface area (Å²) in [5, 5.41) is 8.22. The number of halogens is 10. The van der Waals surface area contributed by atoms with Gasteiger partial charge in [-0.25, -0.2) is 0 Å². The van der Waals surface area contributed by atoms with Crippen molar-refractivity contribution in [1.29, 1.82) is 0 Å². The van der Waals surface area contributed by atoms with Crippen LogP contribution in [0.2, 0.25) is 0 Å². The van der Waals surface area contributed by atoms with Crippen LogP contribution in [0.25, 0.3) is 0 Å². The van der Waals surface area contributed by atoms with Crippen molar-refractivity contribution in [1.82, 2.24) is 0 Å². The predicted molar refractivity (Wildman–Crippen MR) is 39.8 cm³/mol. The minimum atomic E-state index is -7.03. The molecule has 12 heteroatoms. The van der Waals surface area contributed by atoms with Crippen molar-refractivity contribution in [2.45, 2.75) is 36.7 Å². The summed E-state index contributed by atoms with van der Waals surface area (Å²) in [5.74, 6) is -13.8. The number of aliphatic hydroxyl groups is 1. The molecule has 0 aromatic rings. The van der Waals surface area contributed by atoms with Crippen molar-refractivity contribution in [2.24, 2.45) is 0 Å². The molecule has 0 aliphatic carbocycles. The number of rotatable bonds is 2. The molecule has 1 nitrogen and oxygen atoms in total.